The van der Waals surface area contributed by atoms with Crippen molar-refractivity contribution in [1.29, 1.82) is 0 Å². The van der Waals surface area contributed by atoms with Crippen LogP contribution >= 0.6 is 0 Å². The molecule has 0 saturated carbocycles. The summed E-state index contributed by atoms with van der Waals surface area (Å²) in [5.41, 5.74) is 3.44. The molecular formula is C18H12N2O. The van der Waals surface area contributed by atoms with Gasteiger partial charge in [0, 0.05) is 34.3 Å². The van der Waals surface area contributed by atoms with Gasteiger partial charge in [-0.25, -0.2) is 0 Å². The molecule has 1 N–H and O–H groups in total. The Morgan fingerprint density at radius 1 is 0.714 bits per heavy atom. The van der Waals surface area contributed by atoms with Crippen LogP contribution in [0.2, 0.25) is 0 Å². The smallest absolute Gasteiger partial charge is 0.123 e. The average Bonchev–Trinajstić information content (AvgIpc) is 2.55. The fraction of sp³-hybridized carbons (Fsp3) is 0. The van der Waals surface area contributed by atoms with E-state index in [0.29, 0.717) is 0 Å². The second-order valence-corrected chi connectivity index (χ2v) is 4.91. The topological polar surface area (TPSA) is 46.0 Å². The molecule has 2 heterocycles. The molecule has 4 rings (SSSR count). The van der Waals surface area contributed by atoms with Crippen molar-refractivity contribution >= 4 is 21.8 Å². The van der Waals surface area contributed by atoms with E-state index in [1.54, 1.807) is 18.5 Å². The van der Waals surface area contributed by atoms with Crippen LogP contribution < -0.4 is 0 Å². The van der Waals surface area contributed by atoms with E-state index in [0.717, 1.165) is 32.9 Å². The van der Waals surface area contributed by atoms with Crippen LogP contribution in [0, 0.1) is 0 Å². The molecule has 100 valence electrons. The summed E-state index contributed by atoms with van der Waals surface area (Å²) in [4.78, 5) is 8.95. The first-order valence-electron chi connectivity index (χ1n) is 6.75. The first-order valence-corrected chi connectivity index (χ1v) is 6.75. The van der Waals surface area contributed by atoms with Crippen molar-refractivity contribution in [3.8, 4) is 16.9 Å². The molecule has 0 fully saturated rings. The average molecular weight is 272 g/mol. The maximum Gasteiger partial charge on any atom is 0.123 e. The number of para-hydroxylation sites is 1. The summed E-state index contributed by atoms with van der Waals surface area (Å²) in [6, 6.07) is 17.2. The van der Waals surface area contributed by atoms with Crippen LogP contribution in [0.25, 0.3) is 32.9 Å². The number of pyridine rings is 2. The normalized spacial score (nSPS) is 11.0. The molecule has 2 aromatic heterocycles. The Bertz CT molecular complexity index is 963. The maximum absolute atomic E-state index is 10.1. The van der Waals surface area contributed by atoms with E-state index in [9.17, 15) is 5.11 Å². The van der Waals surface area contributed by atoms with Gasteiger partial charge in [-0.1, -0.05) is 30.3 Å². The van der Waals surface area contributed by atoms with Gasteiger partial charge in [0.15, 0.2) is 0 Å². The highest BCUT2D eigenvalue weighted by atomic mass is 16.3. The summed E-state index contributed by atoms with van der Waals surface area (Å²) < 4.78 is 0. The van der Waals surface area contributed by atoms with Crippen molar-refractivity contribution in [3.05, 3.63) is 67.0 Å². The van der Waals surface area contributed by atoms with Crippen LogP contribution in [0.1, 0.15) is 0 Å². The molecule has 3 heteroatoms. The van der Waals surface area contributed by atoms with Gasteiger partial charge >= 0.3 is 0 Å². The number of aromatic hydroxyl groups is 1. The van der Waals surface area contributed by atoms with Crippen molar-refractivity contribution in [2.75, 3.05) is 0 Å². The van der Waals surface area contributed by atoms with Crippen molar-refractivity contribution < 1.29 is 5.11 Å². The Kier molecular flexibility index (Phi) is 2.57. The maximum atomic E-state index is 10.1. The van der Waals surface area contributed by atoms with Gasteiger partial charge in [-0.05, 0) is 24.3 Å². The van der Waals surface area contributed by atoms with Crippen LogP contribution in [0.4, 0.5) is 0 Å². The molecule has 0 aliphatic heterocycles. The van der Waals surface area contributed by atoms with Gasteiger partial charge in [0.2, 0.25) is 0 Å². The van der Waals surface area contributed by atoms with Gasteiger partial charge in [0.25, 0.3) is 0 Å². The second-order valence-electron chi connectivity index (χ2n) is 4.91. The van der Waals surface area contributed by atoms with Crippen LogP contribution in [0.15, 0.2) is 67.0 Å². The number of hydrogen-bond acceptors (Lipinski definition) is 3. The van der Waals surface area contributed by atoms with Gasteiger partial charge in [-0.2, -0.15) is 0 Å². The van der Waals surface area contributed by atoms with Crippen LogP contribution in [0.3, 0.4) is 0 Å². The Hall–Kier alpha value is -2.94. The van der Waals surface area contributed by atoms with Crippen molar-refractivity contribution in [2.24, 2.45) is 0 Å². The van der Waals surface area contributed by atoms with Gasteiger partial charge in [0.1, 0.15) is 5.75 Å². The molecule has 4 aromatic rings. The fourth-order valence-electron chi connectivity index (χ4n) is 2.71. The number of aromatic nitrogens is 2. The van der Waals surface area contributed by atoms with E-state index < -0.39 is 0 Å². The van der Waals surface area contributed by atoms with Gasteiger partial charge < -0.3 is 5.11 Å². The second kappa shape index (κ2) is 4.56. The van der Waals surface area contributed by atoms with Crippen LogP contribution in [-0.2, 0) is 0 Å². The largest absolute Gasteiger partial charge is 0.507 e. The van der Waals surface area contributed by atoms with E-state index in [1.165, 1.54) is 0 Å². The summed E-state index contributed by atoms with van der Waals surface area (Å²) >= 11 is 0. The van der Waals surface area contributed by atoms with Gasteiger partial charge in [-0.15, -0.1) is 0 Å². The highest BCUT2D eigenvalue weighted by Gasteiger charge is 2.12. The summed E-state index contributed by atoms with van der Waals surface area (Å²) in [6.07, 6.45) is 3.55. The zero-order valence-corrected chi connectivity index (χ0v) is 11.2. The summed E-state index contributed by atoms with van der Waals surface area (Å²) in [5, 5.41) is 12.3. The lowest BCUT2D eigenvalue weighted by Gasteiger charge is -2.10. The van der Waals surface area contributed by atoms with Crippen molar-refractivity contribution in [1.82, 2.24) is 9.97 Å². The van der Waals surface area contributed by atoms with E-state index in [2.05, 4.69) is 9.97 Å². The molecule has 0 bridgehead atoms. The molecular weight excluding hydrogens is 260 g/mol. The van der Waals surface area contributed by atoms with Crippen LogP contribution in [0.5, 0.6) is 5.75 Å². The number of fused-ring (bicyclic) bond motifs is 3. The predicted molar refractivity (Wildman–Crippen MR) is 84.1 cm³/mol. The fourth-order valence-corrected chi connectivity index (χ4v) is 2.71. The minimum absolute atomic E-state index is 0.250. The molecule has 0 unspecified atom stereocenters. The lowest BCUT2D eigenvalue weighted by atomic mass is 9.98. The highest BCUT2D eigenvalue weighted by Crippen LogP contribution is 2.36. The third-order valence-corrected chi connectivity index (χ3v) is 3.67. The van der Waals surface area contributed by atoms with E-state index >= 15 is 0 Å². The molecule has 0 radical (unpaired) electrons. The molecule has 3 nitrogen and oxygen atoms in total. The first-order chi connectivity index (χ1) is 10.3. The minimum atomic E-state index is 0.250. The molecule has 0 aliphatic rings. The summed E-state index contributed by atoms with van der Waals surface area (Å²) in [7, 11) is 0. The van der Waals surface area contributed by atoms with Gasteiger partial charge in [0.05, 0.1) is 11.0 Å². The number of benzene rings is 2. The Morgan fingerprint density at radius 3 is 2.33 bits per heavy atom. The summed E-state index contributed by atoms with van der Waals surface area (Å²) in [5.74, 6) is 0.250. The van der Waals surface area contributed by atoms with E-state index in [1.807, 2.05) is 48.5 Å². The molecule has 0 aliphatic carbocycles. The lowest BCUT2D eigenvalue weighted by Crippen LogP contribution is -1.88. The number of rotatable bonds is 1. The standard InChI is InChI=1S/C18H12N2O/c21-17-8-2-1-5-13(17)15-11-16-12(6-3-9-19-16)14-7-4-10-20-18(14)15/h1-11,21H. The Balaban J connectivity index is 2.20. The zero-order chi connectivity index (χ0) is 14.2. The molecule has 0 amide bonds. The number of hydrogen-bond donors (Lipinski definition) is 1. The lowest BCUT2D eigenvalue weighted by molar-refractivity contribution is 0.477. The van der Waals surface area contributed by atoms with Crippen molar-refractivity contribution in [3.63, 3.8) is 0 Å². The van der Waals surface area contributed by atoms with Gasteiger partial charge in [-0.3, -0.25) is 9.97 Å². The Morgan fingerprint density at radius 2 is 1.48 bits per heavy atom. The highest BCUT2D eigenvalue weighted by molar-refractivity contribution is 6.11. The third-order valence-electron chi connectivity index (χ3n) is 3.67. The predicted octanol–water partition coefficient (Wildman–Crippen LogP) is 4.16. The third kappa shape index (κ3) is 1.82. The summed E-state index contributed by atoms with van der Waals surface area (Å²) in [6.45, 7) is 0. The van der Waals surface area contributed by atoms with E-state index in [4.69, 9.17) is 0 Å². The monoisotopic (exact) mass is 272 g/mol. The number of nitrogens with zero attached hydrogens (tertiary/aromatic N) is 2. The number of phenols is 1. The van der Waals surface area contributed by atoms with Crippen molar-refractivity contribution in [2.45, 2.75) is 0 Å². The molecule has 2 aromatic carbocycles. The zero-order valence-electron chi connectivity index (χ0n) is 11.2. The van der Waals surface area contributed by atoms with E-state index in [-0.39, 0.29) is 5.75 Å². The molecule has 21 heavy (non-hydrogen) atoms. The molecule has 0 saturated heterocycles. The molecule has 0 atom stereocenters. The number of phenolic OH excluding ortho intramolecular Hbond substituents is 1. The first kappa shape index (κ1) is 11.9. The van der Waals surface area contributed by atoms with Crippen LogP contribution in [-0.4, -0.2) is 15.1 Å². The quantitative estimate of drug-likeness (QED) is 0.529. The molecule has 0 spiro atoms. The SMILES string of the molecule is Oc1ccccc1-c1cc2ncccc2c2cccnc12. The minimum Gasteiger partial charge on any atom is -0.507 e. The Labute approximate surface area is 121 Å².